The van der Waals surface area contributed by atoms with Crippen molar-refractivity contribution in [2.45, 2.75) is 26.4 Å². The predicted octanol–water partition coefficient (Wildman–Crippen LogP) is 5.28. The van der Waals surface area contributed by atoms with Crippen molar-refractivity contribution >= 4 is 34.5 Å². The topological polar surface area (TPSA) is 71.1 Å². The van der Waals surface area contributed by atoms with Crippen molar-refractivity contribution in [3.05, 3.63) is 64.7 Å². The number of thiazole rings is 1. The van der Waals surface area contributed by atoms with Gasteiger partial charge in [0.05, 0.1) is 29.1 Å². The van der Waals surface area contributed by atoms with Crippen LogP contribution in [0.1, 0.15) is 23.7 Å². The quantitative estimate of drug-likeness (QED) is 0.575. The van der Waals surface area contributed by atoms with Crippen LogP contribution in [0.15, 0.2) is 47.8 Å². The molecule has 0 unspecified atom stereocenters. The Bertz CT molecular complexity index is 1080. The van der Waals surface area contributed by atoms with Crippen molar-refractivity contribution in [1.82, 2.24) is 4.98 Å². The molecule has 3 aromatic rings. The molecule has 3 rings (SSSR count). The Morgan fingerprint density at radius 3 is 2.37 bits per heavy atom. The van der Waals surface area contributed by atoms with E-state index >= 15 is 0 Å². The van der Waals surface area contributed by atoms with Gasteiger partial charge in [0.2, 0.25) is 11.8 Å². The van der Waals surface area contributed by atoms with E-state index in [0.29, 0.717) is 27.6 Å². The molecule has 0 saturated heterocycles. The number of benzene rings is 2. The highest BCUT2D eigenvalue weighted by atomic mass is 32.1. The first kappa shape index (κ1) is 21.5. The molecule has 0 radical (unpaired) electrons. The molecular weight excluding hydrogens is 415 g/mol. The number of alkyl halides is 3. The first-order chi connectivity index (χ1) is 14.1. The zero-order valence-corrected chi connectivity index (χ0v) is 16.9. The van der Waals surface area contributed by atoms with Gasteiger partial charge in [0.25, 0.3) is 0 Å². The molecule has 1 aromatic heterocycles. The molecule has 5 nitrogen and oxygen atoms in total. The molecule has 0 aliphatic carbocycles. The fourth-order valence-corrected chi connectivity index (χ4v) is 3.57. The van der Waals surface area contributed by atoms with Crippen LogP contribution in [0.4, 0.5) is 24.5 Å². The van der Waals surface area contributed by atoms with Gasteiger partial charge >= 0.3 is 6.18 Å². The summed E-state index contributed by atoms with van der Waals surface area (Å²) in [7, 11) is 0. The van der Waals surface area contributed by atoms with Crippen LogP contribution in [0.5, 0.6) is 0 Å². The number of nitrogens with one attached hydrogen (secondary N) is 2. The molecule has 0 aliphatic heterocycles. The van der Waals surface area contributed by atoms with E-state index < -0.39 is 11.7 Å². The fourth-order valence-electron chi connectivity index (χ4n) is 2.74. The SMILES string of the molecule is CC(=O)Nc1ccc(C)cc1NC(=O)Cc1csc(-c2ccc(C(F)(F)F)cc2)n1. The predicted molar refractivity (Wildman–Crippen MR) is 110 cm³/mol. The Kier molecular flexibility index (Phi) is 6.21. The third-order valence-corrected chi connectivity index (χ3v) is 5.05. The number of hydrogen-bond acceptors (Lipinski definition) is 4. The number of rotatable bonds is 5. The van der Waals surface area contributed by atoms with Crippen molar-refractivity contribution in [1.29, 1.82) is 0 Å². The van der Waals surface area contributed by atoms with Crippen molar-refractivity contribution in [2.24, 2.45) is 0 Å². The minimum absolute atomic E-state index is 0.00934. The Labute approximate surface area is 175 Å². The number of carbonyl (C=O) groups is 2. The second kappa shape index (κ2) is 8.66. The van der Waals surface area contributed by atoms with Crippen LogP contribution in [0.3, 0.4) is 0 Å². The summed E-state index contributed by atoms with van der Waals surface area (Å²) in [5, 5.41) is 7.65. The number of amides is 2. The number of aryl methyl sites for hydroxylation is 1. The van der Waals surface area contributed by atoms with E-state index in [1.807, 2.05) is 13.0 Å². The molecule has 0 aliphatic rings. The first-order valence-electron chi connectivity index (χ1n) is 8.92. The molecule has 156 valence electrons. The lowest BCUT2D eigenvalue weighted by molar-refractivity contribution is -0.137. The lowest BCUT2D eigenvalue weighted by atomic mass is 10.1. The van der Waals surface area contributed by atoms with Crippen LogP contribution in [0, 0.1) is 6.92 Å². The minimum Gasteiger partial charge on any atom is -0.325 e. The highest BCUT2D eigenvalue weighted by Gasteiger charge is 2.30. The second-order valence-corrected chi connectivity index (χ2v) is 7.53. The van der Waals surface area contributed by atoms with Crippen molar-refractivity contribution in [3.8, 4) is 10.6 Å². The number of aromatic nitrogens is 1. The molecule has 30 heavy (non-hydrogen) atoms. The van der Waals surface area contributed by atoms with E-state index in [0.717, 1.165) is 17.7 Å². The van der Waals surface area contributed by atoms with E-state index in [2.05, 4.69) is 15.6 Å². The van der Waals surface area contributed by atoms with Gasteiger partial charge in [-0.3, -0.25) is 9.59 Å². The molecule has 9 heteroatoms. The smallest absolute Gasteiger partial charge is 0.325 e. The van der Waals surface area contributed by atoms with Crippen LogP contribution < -0.4 is 10.6 Å². The van der Waals surface area contributed by atoms with Gasteiger partial charge in [0, 0.05) is 17.9 Å². The summed E-state index contributed by atoms with van der Waals surface area (Å²) >= 11 is 1.25. The molecule has 0 saturated carbocycles. The van der Waals surface area contributed by atoms with Gasteiger partial charge in [-0.05, 0) is 36.8 Å². The van der Waals surface area contributed by atoms with Crippen LogP contribution in [0.2, 0.25) is 0 Å². The first-order valence-corrected chi connectivity index (χ1v) is 9.80. The maximum absolute atomic E-state index is 12.7. The van der Waals surface area contributed by atoms with Gasteiger partial charge in [-0.25, -0.2) is 4.98 Å². The lowest BCUT2D eigenvalue weighted by Gasteiger charge is -2.12. The number of carbonyl (C=O) groups excluding carboxylic acids is 2. The van der Waals surface area contributed by atoms with Gasteiger partial charge in [0.15, 0.2) is 0 Å². The third-order valence-electron chi connectivity index (χ3n) is 4.11. The van der Waals surface area contributed by atoms with E-state index in [1.54, 1.807) is 17.5 Å². The van der Waals surface area contributed by atoms with Gasteiger partial charge in [-0.2, -0.15) is 13.2 Å². The molecule has 0 fully saturated rings. The summed E-state index contributed by atoms with van der Waals surface area (Å²) in [6.45, 7) is 3.24. The van der Waals surface area contributed by atoms with Gasteiger partial charge in [-0.15, -0.1) is 11.3 Å². The molecule has 2 aromatic carbocycles. The number of hydrogen-bond donors (Lipinski definition) is 2. The summed E-state index contributed by atoms with van der Waals surface area (Å²) in [6, 6.07) is 10.00. The Hall–Kier alpha value is -3.20. The van der Waals surface area contributed by atoms with Crippen molar-refractivity contribution in [2.75, 3.05) is 10.6 Å². The summed E-state index contributed by atoms with van der Waals surface area (Å²) in [6.07, 6.45) is -4.40. The van der Waals surface area contributed by atoms with Crippen molar-refractivity contribution in [3.63, 3.8) is 0 Å². The normalized spacial score (nSPS) is 11.2. The Morgan fingerprint density at radius 1 is 1.03 bits per heavy atom. The monoisotopic (exact) mass is 433 g/mol. The summed E-state index contributed by atoms with van der Waals surface area (Å²) in [5.41, 5.74) is 2.21. The Morgan fingerprint density at radius 2 is 1.73 bits per heavy atom. The number of anilines is 2. The summed E-state index contributed by atoms with van der Waals surface area (Å²) < 4.78 is 38.1. The van der Waals surface area contributed by atoms with Crippen LogP contribution in [0.25, 0.3) is 10.6 Å². The molecule has 0 spiro atoms. The van der Waals surface area contributed by atoms with E-state index in [9.17, 15) is 22.8 Å². The van der Waals surface area contributed by atoms with Gasteiger partial charge in [-0.1, -0.05) is 18.2 Å². The van der Waals surface area contributed by atoms with E-state index in [-0.39, 0.29) is 18.2 Å². The molecule has 0 bridgehead atoms. The standard InChI is InChI=1S/C21H18F3N3O2S/c1-12-3-8-17(25-13(2)28)18(9-12)27-19(29)10-16-11-30-20(26-16)14-4-6-15(7-5-14)21(22,23)24/h3-9,11H,10H2,1-2H3,(H,25,28)(H,27,29). The minimum atomic E-state index is -4.39. The molecular formula is C21H18F3N3O2S. The maximum atomic E-state index is 12.7. The maximum Gasteiger partial charge on any atom is 0.416 e. The number of nitrogens with zero attached hydrogens (tertiary/aromatic N) is 1. The highest BCUT2D eigenvalue weighted by Crippen LogP contribution is 2.32. The zero-order valence-electron chi connectivity index (χ0n) is 16.1. The third kappa shape index (κ3) is 5.44. The van der Waals surface area contributed by atoms with Crippen molar-refractivity contribution < 1.29 is 22.8 Å². The fraction of sp³-hybridized carbons (Fsp3) is 0.190. The summed E-state index contributed by atoms with van der Waals surface area (Å²) in [4.78, 5) is 28.1. The largest absolute Gasteiger partial charge is 0.416 e. The average molecular weight is 433 g/mol. The van der Waals surface area contributed by atoms with Gasteiger partial charge in [0.1, 0.15) is 5.01 Å². The van der Waals surface area contributed by atoms with Crippen LogP contribution >= 0.6 is 11.3 Å². The zero-order chi connectivity index (χ0) is 21.9. The molecule has 2 N–H and O–H groups in total. The summed E-state index contributed by atoms with van der Waals surface area (Å²) in [5.74, 6) is -0.577. The van der Waals surface area contributed by atoms with Crippen LogP contribution in [-0.2, 0) is 22.2 Å². The van der Waals surface area contributed by atoms with Crippen LogP contribution in [-0.4, -0.2) is 16.8 Å². The second-order valence-electron chi connectivity index (χ2n) is 6.67. The Balaban J connectivity index is 1.70. The van der Waals surface area contributed by atoms with Gasteiger partial charge < -0.3 is 10.6 Å². The lowest BCUT2D eigenvalue weighted by Crippen LogP contribution is -2.17. The number of halogens is 3. The van der Waals surface area contributed by atoms with E-state index in [4.69, 9.17) is 0 Å². The highest BCUT2D eigenvalue weighted by molar-refractivity contribution is 7.13. The average Bonchev–Trinajstić information content (AvgIpc) is 3.11. The van der Waals surface area contributed by atoms with E-state index in [1.165, 1.54) is 30.4 Å². The molecule has 2 amide bonds. The molecule has 0 atom stereocenters. The molecule has 1 heterocycles.